The van der Waals surface area contributed by atoms with Gasteiger partial charge in [0.2, 0.25) is 0 Å². The molecule has 0 amide bonds. The fourth-order valence-electron chi connectivity index (χ4n) is 2.04. The smallest absolute Gasteiger partial charge is 0.119 e. The summed E-state index contributed by atoms with van der Waals surface area (Å²) in [5.41, 5.74) is 1.40. The molecule has 2 saturated carbocycles. The molecule has 0 bridgehead atoms. The van der Waals surface area contributed by atoms with Gasteiger partial charge in [0.1, 0.15) is 5.75 Å². The van der Waals surface area contributed by atoms with Crippen LogP contribution in [0.3, 0.4) is 0 Å². The lowest BCUT2D eigenvalue weighted by molar-refractivity contribution is 0.303. The average Bonchev–Trinajstić information content (AvgIpc) is 3.19. The summed E-state index contributed by atoms with van der Waals surface area (Å²) in [6.07, 6.45) is 8.10. The third-order valence-corrected chi connectivity index (χ3v) is 3.38. The molecule has 0 atom stereocenters. The van der Waals surface area contributed by atoms with Gasteiger partial charge in [0.05, 0.1) is 6.10 Å². The van der Waals surface area contributed by atoms with Crippen LogP contribution in [0.15, 0.2) is 24.3 Å². The molecule has 0 radical (unpaired) electrons. The van der Waals surface area contributed by atoms with Gasteiger partial charge in [-0.25, -0.2) is 0 Å². The largest absolute Gasteiger partial charge is 0.490 e. The fourth-order valence-corrected chi connectivity index (χ4v) is 2.04. The molecule has 1 aromatic carbocycles. The summed E-state index contributed by atoms with van der Waals surface area (Å²) in [6.45, 7) is 1.15. The topological polar surface area (TPSA) is 21.3 Å². The standard InChI is InChI=1S/C15H21NO/c1-3-12(4-2-10-16-13-6-7-13)11-15(5-1)17-14-8-9-14/h1,3,5,11,13-14,16H,2,4,6-10H2. The molecule has 2 aliphatic carbocycles. The van der Waals surface area contributed by atoms with E-state index in [4.69, 9.17) is 4.74 Å². The number of hydrogen-bond donors (Lipinski definition) is 1. The Labute approximate surface area is 103 Å². The molecule has 1 aromatic rings. The Bertz CT molecular complexity index is 369. The van der Waals surface area contributed by atoms with Gasteiger partial charge in [0.15, 0.2) is 0 Å². The van der Waals surface area contributed by atoms with E-state index in [0.29, 0.717) is 6.10 Å². The minimum absolute atomic E-state index is 0.502. The van der Waals surface area contributed by atoms with Crippen molar-refractivity contribution in [2.75, 3.05) is 6.54 Å². The van der Waals surface area contributed by atoms with E-state index in [2.05, 4.69) is 29.6 Å². The highest BCUT2D eigenvalue weighted by atomic mass is 16.5. The van der Waals surface area contributed by atoms with Crippen LogP contribution in [0.2, 0.25) is 0 Å². The zero-order valence-electron chi connectivity index (χ0n) is 10.3. The maximum atomic E-state index is 5.80. The minimum atomic E-state index is 0.502. The first kappa shape index (κ1) is 11.1. The maximum Gasteiger partial charge on any atom is 0.119 e. The van der Waals surface area contributed by atoms with Crippen molar-refractivity contribution in [2.24, 2.45) is 0 Å². The van der Waals surface area contributed by atoms with Gasteiger partial charge in [-0.2, -0.15) is 0 Å². The summed E-state index contributed by atoms with van der Waals surface area (Å²) in [4.78, 5) is 0. The van der Waals surface area contributed by atoms with E-state index in [1.807, 2.05) is 0 Å². The normalized spacial score (nSPS) is 19.3. The highest BCUT2D eigenvalue weighted by molar-refractivity contribution is 5.29. The molecule has 17 heavy (non-hydrogen) atoms. The van der Waals surface area contributed by atoms with Crippen molar-refractivity contribution in [3.05, 3.63) is 29.8 Å². The summed E-state index contributed by atoms with van der Waals surface area (Å²) in [5.74, 6) is 1.06. The van der Waals surface area contributed by atoms with Crippen LogP contribution in [0, 0.1) is 0 Å². The summed E-state index contributed by atoms with van der Waals surface area (Å²) < 4.78 is 5.80. The number of aryl methyl sites for hydroxylation is 1. The first-order chi connectivity index (χ1) is 8.40. The van der Waals surface area contributed by atoms with Crippen molar-refractivity contribution in [3.8, 4) is 5.75 Å². The van der Waals surface area contributed by atoms with Crippen molar-refractivity contribution < 1.29 is 4.74 Å². The van der Waals surface area contributed by atoms with Crippen molar-refractivity contribution >= 4 is 0 Å². The summed E-state index contributed by atoms with van der Waals surface area (Å²) in [5, 5.41) is 3.55. The number of ether oxygens (including phenoxy) is 1. The molecule has 2 nitrogen and oxygen atoms in total. The second-order valence-corrected chi connectivity index (χ2v) is 5.30. The predicted molar refractivity (Wildman–Crippen MR) is 69.4 cm³/mol. The number of hydrogen-bond acceptors (Lipinski definition) is 2. The average molecular weight is 231 g/mol. The van der Waals surface area contributed by atoms with E-state index >= 15 is 0 Å². The molecule has 0 aliphatic heterocycles. The molecule has 92 valence electrons. The lowest BCUT2D eigenvalue weighted by Crippen LogP contribution is -2.17. The second-order valence-electron chi connectivity index (χ2n) is 5.30. The van der Waals surface area contributed by atoms with Gasteiger partial charge in [-0.05, 0) is 62.8 Å². The monoisotopic (exact) mass is 231 g/mol. The SMILES string of the molecule is c1cc(CCCNC2CC2)cc(OC2CC2)c1. The summed E-state index contributed by atoms with van der Waals surface area (Å²) in [6, 6.07) is 9.43. The quantitative estimate of drug-likeness (QED) is 0.729. The maximum absolute atomic E-state index is 5.80. The van der Waals surface area contributed by atoms with Gasteiger partial charge in [-0.1, -0.05) is 12.1 Å². The predicted octanol–water partition coefficient (Wildman–Crippen LogP) is 2.91. The molecule has 2 heteroatoms. The van der Waals surface area contributed by atoms with E-state index in [-0.39, 0.29) is 0 Å². The zero-order chi connectivity index (χ0) is 11.5. The van der Waals surface area contributed by atoms with Crippen molar-refractivity contribution in [1.82, 2.24) is 5.32 Å². The van der Waals surface area contributed by atoms with E-state index < -0.39 is 0 Å². The van der Waals surface area contributed by atoms with Crippen LogP contribution >= 0.6 is 0 Å². The summed E-state index contributed by atoms with van der Waals surface area (Å²) in [7, 11) is 0. The fraction of sp³-hybridized carbons (Fsp3) is 0.600. The molecule has 0 aromatic heterocycles. The Hall–Kier alpha value is -1.02. The third kappa shape index (κ3) is 3.74. The van der Waals surface area contributed by atoms with E-state index in [1.54, 1.807) is 0 Å². The van der Waals surface area contributed by atoms with Gasteiger partial charge in [0.25, 0.3) is 0 Å². The van der Waals surface area contributed by atoms with Crippen LogP contribution < -0.4 is 10.1 Å². The van der Waals surface area contributed by atoms with Crippen molar-refractivity contribution in [1.29, 1.82) is 0 Å². The van der Waals surface area contributed by atoms with Crippen LogP contribution in [-0.2, 0) is 6.42 Å². The van der Waals surface area contributed by atoms with Crippen LogP contribution in [0.4, 0.5) is 0 Å². The molecule has 3 rings (SSSR count). The van der Waals surface area contributed by atoms with Gasteiger partial charge < -0.3 is 10.1 Å². The lowest BCUT2D eigenvalue weighted by atomic mass is 10.1. The molecule has 0 saturated heterocycles. The summed E-state index contributed by atoms with van der Waals surface area (Å²) >= 11 is 0. The van der Waals surface area contributed by atoms with Crippen molar-refractivity contribution in [2.45, 2.75) is 50.7 Å². The second kappa shape index (κ2) is 5.09. The molecule has 0 heterocycles. The molecular formula is C15H21NO. The van der Waals surface area contributed by atoms with E-state index in [9.17, 15) is 0 Å². The number of benzene rings is 1. The molecule has 2 fully saturated rings. The van der Waals surface area contributed by atoms with E-state index in [0.717, 1.165) is 24.8 Å². The zero-order valence-corrected chi connectivity index (χ0v) is 10.3. The third-order valence-electron chi connectivity index (χ3n) is 3.38. The van der Waals surface area contributed by atoms with Gasteiger partial charge >= 0.3 is 0 Å². The first-order valence-corrected chi connectivity index (χ1v) is 6.89. The van der Waals surface area contributed by atoms with Crippen LogP contribution in [0.5, 0.6) is 5.75 Å². The first-order valence-electron chi connectivity index (χ1n) is 6.89. The molecule has 0 unspecified atom stereocenters. The molecular weight excluding hydrogens is 210 g/mol. The number of nitrogens with one attached hydrogen (secondary N) is 1. The van der Waals surface area contributed by atoms with Gasteiger partial charge in [-0.15, -0.1) is 0 Å². The molecule has 0 spiro atoms. The lowest BCUT2D eigenvalue weighted by Gasteiger charge is -2.07. The van der Waals surface area contributed by atoms with Crippen LogP contribution in [0.25, 0.3) is 0 Å². The minimum Gasteiger partial charge on any atom is -0.490 e. The van der Waals surface area contributed by atoms with Crippen LogP contribution in [-0.4, -0.2) is 18.7 Å². The highest BCUT2D eigenvalue weighted by Crippen LogP contribution is 2.27. The Balaban J connectivity index is 1.43. The van der Waals surface area contributed by atoms with Crippen molar-refractivity contribution in [3.63, 3.8) is 0 Å². The van der Waals surface area contributed by atoms with E-state index in [1.165, 1.54) is 37.7 Å². The molecule has 2 aliphatic rings. The molecule has 1 N–H and O–H groups in total. The van der Waals surface area contributed by atoms with Gasteiger partial charge in [0, 0.05) is 6.04 Å². The van der Waals surface area contributed by atoms with Gasteiger partial charge in [-0.3, -0.25) is 0 Å². The Morgan fingerprint density at radius 3 is 2.82 bits per heavy atom. The number of rotatable bonds is 7. The Morgan fingerprint density at radius 2 is 2.06 bits per heavy atom. The Morgan fingerprint density at radius 1 is 1.18 bits per heavy atom. The highest BCUT2D eigenvalue weighted by Gasteiger charge is 2.23. The van der Waals surface area contributed by atoms with Crippen LogP contribution in [0.1, 0.15) is 37.7 Å². The Kier molecular flexibility index (Phi) is 3.32.